The fourth-order valence-corrected chi connectivity index (χ4v) is 7.42. The highest BCUT2D eigenvalue weighted by molar-refractivity contribution is 8.00. The number of anilines is 2. The molecule has 57 heavy (non-hydrogen) atoms. The highest BCUT2D eigenvalue weighted by atomic mass is 32.2. The number of hydrogen-bond donors (Lipinski definition) is 3. The van der Waals surface area contributed by atoms with Crippen LogP contribution in [0.1, 0.15) is 33.7 Å². The van der Waals surface area contributed by atoms with E-state index >= 15 is 0 Å². The van der Waals surface area contributed by atoms with E-state index in [2.05, 4.69) is 20.9 Å². The van der Waals surface area contributed by atoms with E-state index in [-0.39, 0.29) is 11.6 Å². The van der Waals surface area contributed by atoms with Crippen molar-refractivity contribution in [2.75, 3.05) is 38.6 Å². The van der Waals surface area contributed by atoms with Crippen LogP contribution < -0.4 is 34.9 Å². The summed E-state index contributed by atoms with van der Waals surface area (Å²) in [6, 6.07) is 36.2. The number of amides is 3. The fraction of sp³-hybridized carbons (Fsp3) is 0.136. The van der Waals surface area contributed by atoms with E-state index in [0.717, 1.165) is 27.5 Å². The zero-order chi connectivity index (χ0) is 40.1. The van der Waals surface area contributed by atoms with Gasteiger partial charge in [0.2, 0.25) is 11.7 Å². The first-order chi connectivity index (χ1) is 27.8. The van der Waals surface area contributed by atoms with Crippen molar-refractivity contribution in [3.63, 3.8) is 0 Å². The molecule has 0 fully saturated rings. The molecule has 0 bridgehead atoms. The second-order valence-electron chi connectivity index (χ2n) is 12.2. The van der Waals surface area contributed by atoms with E-state index in [4.69, 9.17) is 18.9 Å². The Labute approximate surface area is 339 Å². The molecule has 3 amide bonds. The van der Waals surface area contributed by atoms with Gasteiger partial charge in [0.05, 0.1) is 33.6 Å². The summed E-state index contributed by atoms with van der Waals surface area (Å²) in [6.45, 7) is 2.52. The van der Waals surface area contributed by atoms with Crippen molar-refractivity contribution in [3.8, 4) is 34.3 Å². The molecule has 11 nitrogen and oxygen atoms in total. The van der Waals surface area contributed by atoms with Gasteiger partial charge in [-0.2, -0.15) is 0 Å². The lowest BCUT2D eigenvalue weighted by molar-refractivity contribution is -0.116. The predicted molar refractivity (Wildman–Crippen MR) is 225 cm³/mol. The van der Waals surface area contributed by atoms with Crippen molar-refractivity contribution < 1.29 is 33.3 Å². The fourth-order valence-electron chi connectivity index (χ4n) is 5.67. The largest absolute Gasteiger partial charge is 0.494 e. The summed E-state index contributed by atoms with van der Waals surface area (Å²) >= 11 is 2.72. The molecule has 1 heterocycles. The monoisotopic (exact) mass is 800 g/mol. The van der Waals surface area contributed by atoms with Crippen molar-refractivity contribution in [2.45, 2.75) is 17.1 Å². The number of methoxy groups -OCH3 is 3. The number of nitrogens with zero attached hydrogens (tertiary/aromatic N) is 1. The van der Waals surface area contributed by atoms with Gasteiger partial charge in [-0.15, -0.1) is 23.1 Å². The van der Waals surface area contributed by atoms with E-state index in [9.17, 15) is 14.4 Å². The molecule has 0 spiro atoms. The number of rotatable bonds is 16. The lowest BCUT2D eigenvalue weighted by atomic mass is 10.1. The third-order valence-corrected chi connectivity index (χ3v) is 10.5. The van der Waals surface area contributed by atoms with Crippen LogP contribution in [0.25, 0.3) is 17.3 Å². The second-order valence-corrected chi connectivity index (χ2v) is 14.2. The number of carbonyl (C=O) groups is 3. The number of hydrogen-bond acceptors (Lipinski definition) is 10. The Morgan fingerprint density at radius 2 is 1.44 bits per heavy atom. The van der Waals surface area contributed by atoms with Gasteiger partial charge in [0.25, 0.3) is 11.8 Å². The maximum absolute atomic E-state index is 13.8. The van der Waals surface area contributed by atoms with Crippen molar-refractivity contribution >= 4 is 57.7 Å². The molecule has 0 radical (unpaired) electrons. The van der Waals surface area contributed by atoms with Crippen LogP contribution in [0.2, 0.25) is 0 Å². The highest BCUT2D eigenvalue weighted by Crippen LogP contribution is 2.39. The molecule has 1 aromatic heterocycles. The van der Waals surface area contributed by atoms with Crippen LogP contribution in [-0.4, -0.2) is 50.6 Å². The molecule has 6 aromatic rings. The van der Waals surface area contributed by atoms with Crippen LogP contribution in [0.4, 0.5) is 10.8 Å². The zero-order valence-corrected chi connectivity index (χ0v) is 33.2. The molecular formula is C44H40N4O7S2. The van der Waals surface area contributed by atoms with Gasteiger partial charge in [0.1, 0.15) is 16.7 Å². The average molecular weight is 801 g/mol. The summed E-state index contributed by atoms with van der Waals surface area (Å²) in [7, 11) is 4.49. The molecule has 5 aromatic carbocycles. The van der Waals surface area contributed by atoms with E-state index in [1.54, 1.807) is 54.6 Å². The SMILES string of the molecule is CCOc1ccc(-c2csc(NC(=O)C(Sc3ccc(NC(=O)/C(=C/c4cc(OC)c(OC)c(OC)c4)NC(=O)c4ccccc4)cc3)c3ccccc3)n2)cc1. The average Bonchev–Trinajstić information content (AvgIpc) is 3.71. The molecule has 3 N–H and O–H groups in total. The molecule has 0 aliphatic rings. The summed E-state index contributed by atoms with van der Waals surface area (Å²) in [5, 5.41) is 10.4. The van der Waals surface area contributed by atoms with Crippen LogP contribution in [-0.2, 0) is 9.59 Å². The summed E-state index contributed by atoms with van der Waals surface area (Å²) in [5.74, 6) is 0.672. The van der Waals surface area contributed by atoms with Gasteiger partial charge in [-0.25, -0.2) is 4.98 Å². The maximum atomic E-state index is 13.8. The predicted octanol–water partition coefficient (Wildman–Crippen LogP) is 9.12. The van der Waals surface area contributed by atoms with Crippen LogP contribution in [0.15, 0.2) is 137 Å². The first-order valence-corrected chi connectivity index (χ1v) is 19.5. The van der Waals surface area contributed by atoms with Crippen LogP contribution in [0, 0.1) is 0 Å². The molecular weight excluding hydrogens is 761 g/mol. The Kier molecular flexibility index (Phi) is 13.6. The third-order valence-electron chi connectivity index (χ3n) is 8.43. The summed E-state index contributed by atoms with van der Waals surface area (Å²) in [5.41, 5.74) is 3.83. The minimum absolute atomic E-state index is 0.0229. The molecule has 1 atom stereocenters. The molecule has 290 valence electrons. The minimum Gasteiger partial charge on any atom is -0.494 e. The molecule has 0 aliphatic heterocycles. The summed E-state index contributed by atoms with van der Waals surface area (Å²) in [4.78, 5) is 46.3. The first-order valence-electron chi connectivity index (χ1n) is 17.8. The Morgan fingerprint density at radius 1 is 0.789 bits per heavy atom. The van der Waals surface area contributed by atoms with Crippen molar-refractivity contribution in [1.82, 2.24) is 10.3 Å². The standard InChI is InChI=1S/C44H40N4O7S2/c1-5-55-33-20-16-29(17-21-33)36-27-56-44(47-36)48-43(51)40(30-12-8-6-9-13-30)57-34-22-18-32(19-23-34)45-42(50)35(46-41(49)31-14-10-7-11-15-31)24-28-25-37(52-2)39(54-4)38(26-28)53-3/h6-27,40H,5H2,1-4H3,(H,45,50)(H,46,49)(H,47,48,51)/b35-24-. The molecule has 6 rings (SSSR count). The maximum Gasteiger partial charge on any atom is 0.272 e. The highest BCUT2D eigenvalue weighted by Gasteiger charge is 2.24. The lowest BCUT2D eigenvalue weighted by Gasteiger charge is -2.17. The molecule has 0 saturated heterocycles. The Balaban J connectivity index is 1.19. The van der Waals surface area contributed by atoms with Crippen LogP contribution >= 0.6 is 23.1 Å². The smallest absolute Gasteiger partial charge is 0.272 e. The number of nitrogens with one attached hydrogen (secondary N) is 3. The molecule has 1 unspecified atom stereocenters. The zero-order valence-electron chi connectivity index (χ0n) is 31.6. The van der Waals surface area contributed by atoms with Gasteiger partial charge in [-0.05, 0) is 96.9 Å². The normalized spacial score (nSPS) is 11.5. The van der Waals surface area contributed by atoms with E-state index in [1.807, 2.05) is 79.0 Å². The summed E-state index contributed by atoms with van der Waals surface area (Å²) in [6.07, 6.45) is 1.53. The second kappa shape index (κ2) is 19.3. The van der Waals surface area contributed by atoms with Crippen molar-refractivity contribution in [3.05, 3.63) is 149 Å². The van der Waals surface area contributed by atoms with Gasteiger partial charge in [-0.3, -0.25) is 14.4 Å². The van der Waals surface area contributed by atoms with Crippen LogP contribution in [0.3, 0.4) is 0 Å². The molecule has 0 aliphatic carbocycles. The topological polar surface area (TPSA) is 137 Å². The van der Waals surface area contributed by atoms with Gasteiger partial charge in [0, 0.05) is 27.1 Å². The van der Waals surface area contributed by atoms with E-state index < -0.39 is 17.1 Å². The number of thioether (sulfide) groups is 1. The van der Waals surface area contributed by atoms with Crippen LogP contribution in [0.5, 0.6) is 23.0 Å². The van der Waals surface area contributed by atoms with Crippen molar-refractivity contribution in [1.29, 1.82) is 0 Å². The minimum atomic E-state index is -0.606. The Bertz CT molecular complexity index is 2310. The number of ether oxygens (including phenoxy) is 4. The number of benzene rings is 5. The van der Waals surface area contributed by atoms with Gasteiger partial charge in [-0.1, -0.05) is 48.5 Å². The van der Waals surface area contributed by atoms with Gasteiger partial charge >= 0.3 is 0 Å². The number of carbonyl (C=O) groups excluding carboxylic acids is 3. The van der Waals surface area contributed by atoms with Crippen molar-refractivity contribution in [2.24, 2.45) is 0 Å². The quantitative estimate of drug-likeness (QED) is 0.0647. The van der Waals surface area contributed by atoms with Gasteiger partial charge < -0.3 is 34.9 Å². The third kappa shape index (κ3) is 10.4. The Morgan fingerprint density at radius 3 is 2.05 bits per heavy atom. The number of aromatic nitrogens is 1. The molecule has 13 heteroatoms. The van der Waals surface area contributed by atoms with Gasteiger partial charge in [0.15, 0.2) is 16.6 Å². The van der Waals surface area contributed by atoms with E-state index in [0.29, 0.717) is 45.8 Å². The molecule has 0 saturated carbocycles. The first kappa shape index (κ1) is 40.1. The van der Waals surface area contributed by atoms with E-state index in [1.165, 1.54) is 50.5 Å². The Hall–Kier alpha value is -6.57. The lowest BCUT2D eigenvalue weighted by Crippen LogP contribution is -2.30. The summed E-state index contributed by atoms with van der Waals surface area (Å²) < 4.78 is 22.0. The number of thiazole rings is 1.